The van der Waals surface area contributed by atoms with Gasteiger partial charge in [-0.05, 0) is 24.3 Å². The van der Waals surface area contributed by atoms with E-state index in [-0.39, 0.29) is 0 Å². The van der Waals surface area contributed by atoms with Gasteiger partial charge in [0.25, 0.3) is 0 Å². The van der Waals surface area contributed by atoms with Gasteiger partial charge in [-0.15, -0.1) is 0 Å². The van der Waals surface area contributed by atoms with Crippen LogP contribution in [0.3, 0.4) is 0 Å². The summed E-state index contributed by atoms with van der Waals surface area (Å²) in [6.07, 6.45) is 0. The molecule has 30 heavy (non-hydrogen) atoms. The quantitative estimate of drug-likeness (QED) is 0.654. The van der Waals surface area contributed by atoms with Gasteiger partial charge >= 0.3 is 0 Å². The van der Waals surface area contributed by atoms with Gasteiger partial charge in [0.15, 0.2) is 0 Å². The summed E-state index contributed by atoms with van der Waals surface area (Å²) in [6, 6.07) is 16.4. The Morgan fingerprint density at radius 2 is 1.40 bits per heavy atom. The first-order valence-corrected chi connectivity index (χ1v) is 12.0. The number of hydrogen-bond acceptors (Lipinski definition) is 5. The number of nitrogens with zero attached hydrogens (tertiary/aromatic N) is 3. The number of ether oxygens (including phenoxy) is 4. The Hall–Kier alpha value is -1.89. The number of benzene rings is 2. The average molecular weight is 431 g/mol. The molecule has 0 bridgehead atoms. The van der Waals surface area contributed by atoms with Gasteiger partial charge in [-0.3, -0.25) is 0 Å². The highest BCUT2D eigenvalue weighted by molar-refractivity contribution is 7.69. The van der Waals surface area contributed by atoms with Gasteiger partial charge in [-0.1, -0.05) is 18.2 Å². The number of hydrogen-bond donors (Lipinski definition) is 0. The molecule has 2 heterocycles. The van der Waals surface area contributed by atoms with Crippen LogP contribution in [0, 0.1) is 0 Å². The van der Waals surface area contributed by atoms with Gasteiger partial charge in [0.2, 0.25) is 0 Å². The van der Waals surface area contributed by atoms with Crippen molar-refractivity contribution in [1.29, 1.82) is 0 Å². The Morgan fingerprint density at radius 3 is 1.93 bits per heavy atom. The molecular formula is C22H30N3O4P. The van der Waals surface area contributed by atoms with E-state index in [9.17, 15) is 0 Å². The lowest BCUT2D eigenvalue weighted by molar-refractivity contribution is 0.0578. The van der Waals surface area contributed by atoms with Gasteiger partial charge in [-0.2, -0.15) is 0 Å². The monoisotopic (exact) mass is 431 g/mol. The second-order valence-corrected chi connectivity index (χ2v) is 10.1. The topological polar surface area (TPSA) is 55.8 Å². The van der Waals surface area contributed by atoms with Crippen LogP contribution in [-0.4, -0.2) is 76.2 Å². The molecule has 0 aromatic heterocycles. The summed E-state index contributed by atoms with van der Waals surface area (Å²) < 4.78 is 33.3. The van der Waals surface area contributed by atoms with E-state index >= 15 is 0 Å². The molecule has 0 amide bonds. The molecular weight excluding hydrogens is 401 g/mol. The Balaban J connectivity index is 1.98. The molecule has 0 radical (unpaired) electrons. The average Bonchev–Trinajstić information content (AvgIpc) is 2.84. The first kappa shape index (κ1) is 21.3. The molecule has 7 nitrogen and oxygen atoms in total. The van der Waals surface area contributed by atoms with Crippen LogP contribution in [0.1, 0.15) is 0 Å². The van der Waals surface area contributed by atoms with E-state index < -0.39 is 7.36 Å². The first-order valence-electron chi connectivity index (χ1n) is 10.3. The van der Waals surface area contributed by atoms with Crippen LogP contribution in [0.5, 0.6) is 11.5 Å². The molecule has 0 unspecified atom stereocenters. The minimum atomic E-state index is -2.35. The largest absolute Gasteiger partial charge is 0.497 e. The maximum atomic E-state index is 5.89. The van der Waals surface area contributed by atoms with E-state index in [2.05, 4.69) is 27.5 Å². The molecule has 4 rings (SSSR count). The molecule has 2 fully saturated rings. The van der Waals surface area contributed by atoms with E-state index in [1.807, 2.05) is 30.3 Å². The molecule has 0 saturated carbocycles. The predicted molar refractivity (Wildman–Crippen MR) is 119 cm³/mol. The van der Waals surface area contributed by atoms with E-state index in [1.165, 1.54) is 0 Å². The van der Waals surface area contributed by atoms with Crippen LogP contribution in [0.4, 0.5) is 5.69 Å². The Bertz CT molecular complexity index is 859. The molecule has 0 spiro atoms. The van der Waals surface area contributed by atoms with Crippen LogP contribution >= 0.6 is 7.36 Å². The smallest absolute Gasteiger partial charge is 0.136 e. The van der Waals surface area contributed by atoms with Crippen LogP contribution in [-0.2, 0) is 9.47 Å². The van der Waals surface area contributed by atoms with Gasteiger partial charge < -0.3 is 18.9 Å². The fourth-order valence-corrected chi connectivity index (χ4v) is 7.97. The normalized spacial score (nSPS) is 18.7. The molecule has 2 aliphatic heterocycles. The molecule has 8 heteroatoms. The zero-order chi connectivity index (χ0) is 20.8. The van der Waals surface area contributed by atoms with Gasteiger partial charge in [0.05, 0.1) is 51.6 Å². The van der Waals surface area contributed by atoms with Crippen LogP contribution in [0.25, 0.3) is 0 Å². The zero-order valence-electron chi connectivity index (χ0n) is 17.7. The SMILES string of the molecule is COc1ccc(P(=Nc2ccccc2)(N2CCOCC2)N2CCOCC2)c(OC)c1. The van der Waals surface area contributed by atoms with E-state index in [1.54, 1.807) is 14.2 Å². The maximum absolute atomic E-state index is 5.89. The van der Waals surface area contributed by atoms with Gasteiger partial charge in [0.1, 0.15) is 18.9 Å². The van der Waals surface area contributed by atoms with Gasteiger partial charge in [-0.25, -0.2) is 14.1 Å². The van der Waals surface area contributed by atoms with Crippen molar-refractivity contribution >= 4 is 18.3 Å². The Labute approximate surface area is 178 Å². The van der Waals surface area contributed by atoms with Crippen molar-refractivity contribution in [2.75, 3.05) is 66.8 Å². The fraction of sp³-hybridized carbons (Fsp3) is 0.455. The lowest BCUT2D eigenvalue weighted by Gasteiger charge is -2.47. The van der Waals surface area contributed by atoms with Crippen molar-refractivity contribution in [2.45, 2.75) is 0 Å². The highest BCUT2D eigenvalue weighted by atomic mass is 31.2. The second kappa shape index (κ2) is 9.94. The summed E-state index contributed by atoms with van der Waals surface area (Å²) in [5.74, 6) is 1.58. The van der Waals surface area contributed by atoms with Crippen LogP contribution < -0.4 is 14.8 Å². The molecule has 2 aromatic carbocycles. The molecule has 2 saturated heterocycles. The van der Waals surface area contributed by atoms with E-state index in [0.717, 1.165) is 48.7 Å². The van der Waals surface area contributed by atoms with Gasteiger partial charge in [0, 0.05) is 32.2 Å². The predicted octanol–water partition coefficient (Wildman–Crippen LogP) is 3.36. The third-order valence-electron chi connectivity index (χ3n) is 5.48. The number of rotatable bonds is 6. The Morgan fingerprint density at radius 1 is 0.800 bits per heavy atom. The van der Waals surface area contributed by atoms with Crippen LogP contribution in [0.15, 0.2) is 53.3 Å². The van der Waals surface area contributed by atoms with E-state index in [4.69, 9.17) is 23.7 Å². The standard InChI is InChI=1S/C22H30N3O4P/c1-26-20-8-9-22(21(18-20)27-2)30(24-10-14-28-15-11-24,25-12-16-29-17-13-25)23-19-6-4-3-5-7-19/h3-9,18H,10-17H2,1-2H3. The second-order valence-electron chi connectivity index (χ2n) is 7.17. The van der Waals surface area contributed by atoms with Crippen LogP contribution in [0.2, 0.25) is 0 Å². The minimum absolute atomic E-state index is 0.703. The van der Waals surface area contributed by atoms with Crippen molar-refractivity contribution in [1.82, 2.24) is 9.34 Å². The summed E-state index contributed by atoms with van der Waals surface area (Å²) >= 11 is 0. The fourth-order valence-electron chi connectivity index (χ4n) is 4.02. The summed E-state index contributed by atoms with van der Waals surface area (Å²) in [4.78, 5) is 0. The lowest BCUT2D eigenvalue weighted by atomic mass is 10.3. The van der Waals surface area contributed by atoms with Crippen molar-refractivity contribution in [2.24, 2.45) is 4.74 Å². The Kier molecular flexibility index (Phi) is 7.08. The van der Waals surface area contributed by atoms with E-state index in [0.29, 0.717) is 26.4 Å². The summed E-state index contributed by atoms with van der Waals surface area (Å²) in [6.45, 7) is 6.13. The highest BCUT2D eigenvalue weighted by Crippen LogP contribution is 2.59. The van der Waals surface area contributed by atoms with Crippen molar-refractivity contribution < 1.29 is 18.9 Å². The molecule has 0 atom stereocenters. The third-order valence-corrected chi connectivity index (χ3v) is 9.39. The van der Waals surface area contributed by atoms with Crippen molar-refractivity contribution in [3.8, 4) is 11.5 Å². The molecule has 2 aromatic rings. The molecule has 162 valence electrons. The summed E-state index contributed by atoms with van der Waals surface area (Å²) in [5, 5.41) is 1.11. The summed E-state index contributed by atoms with van der Waals surface area (Å²) in [5.41, 5.74) is 0.974. The van der Waals surface area contributed by atoms with Crippen molar-refractivity contribution in [3.05, 3.63) is 48.5 Å². The first-order chi connectivity index (χ1) is 14.8. The zero-order valence-corrected chi connectivity index (χ0v) is 18.6. The maximum Gasteiger partial charge on any atom is 0.136 e. The molecule has 2 aliphatic rings. The number of morpholine rings is 2. The third kappa shape index (κ3) is 4.27. The number of methoxy groups -OCH3 is 2. The summed E-state index contributed by atoms with van der Waals surface area (Å²) in [7, 11) is 1.04. The highest BCUT2D eigenvalue weighted by Gasteiger charge is 2.40. The minimum Gasteiger partial charge on any atom is -0.497 e. The lowest BCUT2D eigenvalue weighted by Crippen LogP contribution is -2.46. The molecule has 0 aliphatic carbocycles. The van der Waals surface area contributed by atoms with Crippen molar-refractivity contribution in [3.63, 3.8) is 0 Å². The molecule has 0 N–H and O–H groups in total.